The van der Waals surface area contributed by atoms with E-state index in [4.69, 9.17) is 17.4 Å². The Kier molecular flexibility index (Phi) is 4.54. The van der Waals surface area contributed by atoms with Crippen LogP contribution in [-0.2, 0) is 0 Å². The van der Waals surface area contributed by atoms with Gasteiger partial charge < -0.3 is 5.73 Å². The third-order valence-electron chi connectivity index (χ3n) is 2.15. The molecule has 3 heteroatoms. The van der Waals surface area contributed by atoms with Crippen molar-refractivity contribution in [2.45, 2.75) is 13.3 Å². The van der Waals surface area contributed by atoms with E-state index in [0.29, 0.717) is 11.4 Å². The van der Waals surface area contributed by atoms with Crippen molar-refractivity contribution >= 4 is 5.57 Å². The van der Waals surface area contributed by atoms with Crippen molar-refractivity contribution in [2.75, 3.05) is 0 Å². The highest BCUT2D eigenvalue weighted by Gasteiger charge is 2.04. The van der Waals surface area contributed by atoms with Gasteiger partial charge in [-0.15, -0.1) is 6.42 Å². The fourth-order valence-electron chi connectivity index (χ4n) is 1.39. The number of aromatic nitrogens is 1. The van der Waals surface area contributed by atoms with Crippen LogP contribution >= 0.6 is 0 Å². The smallest absolute Gasteiger partial charge is 0.140 e. The number of nitrogens with zero attached hydrogens (tertiary/aromatic N) is 2. The first-order valence-corrected chi connectivity index (χ1v) is 5.21. The van der Waals surface area contributed by atoms with Crippen LogP contribution in [-0.4, -0.2) is 4.98 Å². The molecule has 0 amide bonds. The largest absolute Gasteiger partial charge is 0.398 e. The molecule has 0 unspecified atom stereocenters. The first-order chi connectivity index (χ1) is 8.22. The van der Waals surface area contributed by atoms with E-state index in [9.17, 15) is 0 Å². The molecule has 17 heavy (non-hydrogen) atoms. The van der Waals surface area contributed by atoms with E-state index in [2.05, 4.69) is 10.9 Å². The van der Waals surface area contributed by atoms with E-state index in [1.54, 1.807) is 12.3 Å². The van der Waals surface area contributed by atoms with Crippen molar-refractivity contribution in [1.29, 1.82) is 5.26 Å². The molecule has 3 nitrogen and oxygen atoms in total. The molecule has 84 valence electrons. The fourth-order valence-corrected chi connectivity index (χ4v) is 1.39. The molecule has 0 aliphatic heterocycles. The molecule has 1 aromatic heterocycles. The molecule has 0 aromatic carbocycles. The maximum Gasteiger partial charge on any atom is 0.140 e. The van der Waals surface area contributed by atoms with E-state index in [-0.39, 0.29) is 0 Å². The molecular weight excluding hydrogens is 210 g/mol. The van der Waals surface area contributed by atoms with Crippen LogP contribution in [0.2, 0.25) is 0 Å². The number of terminal acetylenes is 1. The van der Waals surface area contributed by atoms with Gasteiger partial charge in [-0.2, -0.15) is 5.26 Å². The number of hydrogen-bond acceptors (Lipinski definition) is 3. The molecule has 0 saturated carbocycles. The molecule has 0 fully saturated rings. The topological polar surface area (TPSA) is 62.7 Å². The Bertz CT molecular complexity index is 522. The Morgan fingerprint density at radius 1 is 1.59 bits per heavy atom. The highest BCUT2D eigenvalue weighted by Crippen LogP contribution is 2.19. The molecule has 1 aromatic rings. The average Bonchev–Trinajstić information content (AvgIpc) is 2.36. The zero-order valence-electron chi connectivity index (χ0n) is 9.64. The zero-order valence-corrected chi connectivity index (χ0v) is 9.64. The summed E-state index contributed by atoms with van der Waals surface area (Å²) in [5, 5.41) is 8.67. The summed E-state index contributed by atoms with van der Waals surface area (Å²) in [5.41, 5.74) is 8.49. The first-order valence-electron chi connectivity index (χ1n) is 5.21. The maximum atomic E-state index is 8.67. The van der Waals surface area contributed by atoms with Crippen LogP contribution in [0.5, 0.6) is 0 Å². The summed E-state index contributed by atoms with van der Waals surface area (Å²) in [6, 6.07) is 5.44. The van der Waals surface area contributed by atoms with Gasteiger partial charge in [0.05, 0.1) is 0 Å². The minimum absolute atomic E-state index is 0.379. The molecule has 0 aliphatic rings. The number of pyridine rings is 1. The van der Waals surface area contributed by atoms with Crippen LogP contribution in [0.15, 0.2) is 36.2 Å². The Hall–Kier alpha value is -2.52. The van der Waals surface area contributed by atoms with Gasteiger partial charge in [0, 0.05) is 29.1 Å². The van der Waals surface area contributed by atoms with Crippen molar-refractivity contribution in [3.8, 4) is 18.4 Å². The minimum atomic E-state index is 0.379. The van der Waals surface area contributed by atoms with Crippen LogP contribution in [0, 0.1) is 23.7 Å². The van der Waals surface area contributed by atoms with E-state index in [0.717, 1.165) is 17.6 Å². The summed E-state index contributed by atoms with van der Waals surface area (Å²) in [6.07, 6.45) is 11.2. The third-order valence-corrected chi connectivity index (χ3v) is 2.15. The van der Waals surface area contributed by atoms with Crippen LogP contribution < -0.4 is 5.73 Å². The van der Waals surface area contributed by atoms with Crippen molar-refractivity contribution in [3.63, 3.8) is 0 Å². The number of nitriles is 1. The fraction of sp³-hybridized carbons (Fsp3) is 0.143. The quantitative estimate of drug-likeness (QED) is 0.631. The molecular formula is C14H13N3. The third kappa shape index (κ3) is 3.22. The van der Waals surface area contributed by atoms with Crippen molar-refractivity contribution < 1.29 is 0 Å². The van der Waals surface area contributed by atoms with Crippen LogP contribution in [0.1, 0.15) is 24.6 Å². The number of nitrogens with two attached hydrogens (primary N) is 1. The summed E-state index contributed by atoms with van der Waals surface area (Å²) in [6.45, 7) is 2.01. The molecule has 2 N–H and O–H groups in total. The van der Waals surface area contributed by atoms with Crippen molar-refractivity contribution in [2.24, 2.45) is 5.73 Å². The Balaban J connectivity index is 3.17. The SMILES string of the molecule is C#C/C=C(N)\C(=C/CC)c1ccc(C#N)nc1. The lowest BCUT2D eigenvalue weighted by molar-refractivity contribution is 1.20. The number of allylic oxidation sites excluding steroid dienone is 3. The van der Waals surface area contributed by atoms with Gasteiger partial charge in [-0.1, -0.05) is 18.9 Å². The van der Waals surface area contributed by atoms with Crippen molar-refractivity contribution in [1.82, 2.24) is 4.98 Å². The number of hydrogen-bond donors (Lipinski definition) is 1. The Labute approximate surface area is 101 Å². The van der Waals surface area contributed by atoms with Crippen LogP contribution in [0.3, 0.4) is 0 Å². The van der Waals surface area contributed by atoms with Gasteiger partial charge in [0.25, 0.3) is 0 Å². The second kappa shape index (κ2) is 6.15. The lowest BCUT2D eigenvalue weighted by Crippen LogP contribution is -2.01. The van der Waals surface area contributed by atoms with E-state index in [1.165, 1.54) is 6.08 Å². The summed E-state index contributed by atoms with van der Waals surface area (Å²) in [5.74, 6) is 2.40. The summed E-state index contributed by atoms with van der Waals surface area (Å²) in [4.78, 5) is 4.01. The summed E-state index contributed by atoms with van der Waals surface area (Å²) in [7, 11) is 0. The lowest BCUT2D eigenvalue weighted by Gasteiger charge is -2.07. The first kappa shape index (κ1) is 12.5. The number of rotatable bonds is 3. The second-order valence-electron chi connectivity index (χ2n) is 3.34. The van der Waals surface area contributed by atoms with Gasteiger partial charge in [-0.05, 0) is 18.6 Å². The summed E-state index contributed by atoms with van der Waals surface area (Å²) < 4.78 is 0. The van der Waals surface area contributed by atoms with Gasteiger partial charge in [0.2, 0.25) is 0 Å². The highest BCUT2D eigenvalue weighted by atomic mass is 14.7. The van der Waals surface area contributed by atoms with E-state index >= 15 is 0 Å². The van der Waals surface area contributed by atoms with Crippen molar-refractivity contribution in [3.05, 3.63) is 47.4 Å². The normalized spacial score (nSPS) is 11.7. The van der Waals surface area contributed by atoms with Gasteiger partial charge in [-0.25, -0.2) is 4.98 Å². The molecule has 0 bridgehead atoms. The Morgan fingerprint density at radius 3 is 2.82 bits per heavy atom. The molecule has 1 heterocycles. The summed E-state index contributed by atoms with van der Waals surface area (Å²) >= 11 is 0. The highest BCUT2D eigenvalue weighted by molar-refractivity contribution is 5.78. The molecule has 0 radical (unpaired) electrons. The zero-order chi connectivity index (χ0) is 12.7. The van der Waals surface area contributed by atoms with Crippen LogP contribution in [0.4, 0.5) is 0 Å². The second-order valence-corrected chi connectivity index (χ2v) is 3.34. The van der Waals surface area contributed by atoms with E-state index in [1.807, 2.05) is 25.1 Å². The molecule has 1 rings (SSSR count). The molecule has 0 atom stereocenters. The lowest BCUT2D eigenvalue weighted by atomic mass is 10.0. The molecule has 0 saturated heterocycles. The molecule has 0 spiro atoms. The average molecular weight is 223 g/mol. The maximum absolute atomic E-state index is 8.67. The minimum Gasteiger partial charge on any atom is -0.398 e. The van der Waals surface area contributed by atoms with Gasteiger partial charge in [0.15, 0.2) is 0 Å². The standard InChI is InChI=1S/C14H13N3/c1-3-5-13(14(16)6-4-2)11-7-8-12(9-15)17-10-11/h2,5-8,10H,3,16H2,1H3/b13-5-,14-6+. The monoisotopic (exact) mass is 223 g/mol. The van der Waals surface area contributed by atoms with Gasteiger partial charge in [0.1, 0.15) is 11.8 Å². The van der Waals surface area contributed by atoms with E-state index < -0.39 is 0 Å². The van der Waals surface area contributed by atoms with Gasteiger partial charge in [-0.3, -0.25) is 0 Å². The van der Waals surface area contributed by atoms with Crippen LogP contribution in [0.25, 0.3) is 5.57 Å². The van der Waals surface area contributed by atoms with Gasteiger partial charge >= 0.3 is 0 Å². The molecule has 0 aliphatic carbocycles. The Morgan fingerprint density at radius 2 is 2.35 bits per heavy atom. The predicted molar refractivity (Wildman–Crippen MR) is 68.3 cm³/mol. The predicted octanol–water partition coefficient (Wildman–Crippen LogP) is 2.22.